The molecule has 2 aromatic heterocycles. The summed E-state index contributed by atoms with van der Waals surface area (Å²) in [6, 6.07) is 0.532. The minimum atomic E-state index is -1.25. The number of fused-ring (bicyclic) bond motifs is 1. The Morgan fingerprint density at radius 3 is 2.75 bits per heavy atom. The van der Waals surface area contributed by atoms with E-state index in [2.05, 4.69) is 9.72 Å². The molecule has 3 rings (SSSR count). The van der Waals surface area contributed by atoms with Crippen LogP contribution in [0.2, 0.25) is 0 Å². The van der Waals surface area contributed by atoms with Gasteiger partial charge in [0.25, 0.3) is 0 Å². The third kappa shape index (κ3) is 3.03. The van der Waals surface area contributed by atoms with Crippen molar-refractivity contribution in [1.82, 2.24) is 4.98 Å². The molecule has 1 aromatic carbocycles. The summed E-state index contributed by atoms with van der Waals surface area (Å²) in [5.74, 6) is -3.53. The van der Waals surface area contributed by atoms with Gasteiger partial charge in [-0.1, -0.05) is 0 Å². The normalized spacial score (nSPS) is 11.2. The largest absolute Gasteiger partial charge is 0.469 e. The van der Waals surface area contributed by atoms with Crippen molar-refractivity contribution in [3.63, 3.8) is 0 Å². The first-order valence-electron chi connectivity index (χ1n) is 6.96. The van der Waals surface area contributed by atoms with E-state index in [9.17, 15) is 18.0 Å². The van der Waals surface area contributed by atoms with Crippen LogP contribution in [0.25, 0.3) is 10.2 Å². The number of thiazole rings is 1. The van der Waals surface area contributed by atoms with Crippen molar-refractivity contribution in [3.8, 4) is 0 Å². The number of benzene rings is 1. The van der Waals surface area contributed by atoms with Crippen molar-refractivity contribution in [1.29, 1.82) is 0 Å². The number of hydrogen-bond acceptors (Lipinski definition) is 5. The Bertz CT molecular complexity index is 933. The van der Waals surface area contributed by atoms with E-state index in [0.717, 1.165) is 27.3 Å². The van der Waals surface area contributed by atoms with E-state index >= 15 is 0 Å². The summed E-state index contributed by atoms with van der Waals surface area (Å²) in [4.78, 5) is 16.4. The molecule has 0 spiro atoms. The summed E-state index contributed by atoms with van der Waals surface area (Å²) in [5, 5.41) is 2.35. The lowest BCUT2D eigenvalue weighted by molar-refractivity contribution is -0.139. The minimum Gasteiger partial charge on any atom is -0.469 e. The number of nitrogens with zero attached hydrogens (tertiary/aromatic N) is 1. The zero-order valence-corrected chi connectivity index (χ0v) is 14.4. The van der Waals surface area contributed by atoms with Crippen molar-refractivity contribution in [2.45, 2.75) is 19.8 Å². The number of thiophene rings is 1. The van der Waals surface area contributed by atoms with Gasteiger partial charge in [-0.2, -0.15) is 0 Å². The maximum atomic E-state index is 13.8. The van der Waals surface area contributed by atoms with Crippen LogP contribution in [0.5, 0.6) is 0 Å². The summed E-state index contributed by atoms with van der Waals surface area (Å²) in [7, 11) is 1.33. The molecule has 0 saturated heterocycles. The van der Waals surface area contributed by atoms with Crippen LogP contribution in [-0.2, 0) is 22.4 Å². The third-order valence-electron chi connectivity index (χ3n) is 3.68. The van der Waals surface area contributed by atoms with Crippen molar-refractivity contribution in [3.05, 3.63) is 49.9 Å². The third-order valence-corrected chi connectivity index (χ3v) is 5.88. The van der Waals surface area contributed by atoms with E-state index in [0.29, 0.717) is 17.5 Å². The fourth-order valence-electron chi connectivity index (χ4n) is 2.32. The lowest BCUT2D eigenvalue weighted by Gasteiger charge is -2.00. The molecule has 0 fully saturated rings. The molecule has 0 unspecified atom stereocenters. The quantitative estimate of drug-likeness (QED) is 0.504. The van der Waals surface area contributed by atoms with Gasteiger partial charge in [-0.25, -0.2) is 18.2 Å². The lowest BCUT2D eigenvalue weighted by Crippen LogP contribution is -2.04. The van der Waals surface area contributed by atoms with Gasteiger partial charge >= 0.3 is 5.97 Å². The highest BCUT2D eigenvalue weighted by molar-refractivity contribution is 7.18. The summed E-state index contributed by atoms with van der Waals surface area (Å²) in [6.45, 7) is 1.87. The second kappa shape index (κ2) is 6.52. The number of rotatable bonds is 4. The van der Waals surface area contributed by atoms with Gasteiger partial charge in [0.05, 0.1) is 23.2 Å². The van der Waals surface area contributed by atoms with Gasteiger partial charge in [0.15, 0.2) is 11.6 Å². The van der Waals surface area contributed by atoms with Crippen molar-refractivity contribution >= 4 is 38.9 Å². The summed E-state index contributed by atoms with van der Waals surface area (Å²) >= 11 is 2.44. The van der Waals surface area contributed by atoms with Crippen LogP contribution in [0.1, 0.15) is 21.0 Å². The van der Waals surface area contributed by atoms with E-state index in [1.165, 1.54) is 18.4 Å². The zero-order chi connectivity index (χ0) is 17.4. The highest BCUT2D eigenvalue weighted by Gasteiger charge is 2.19. The molecule has 3 nitrogen and oxygen atoms in total. The molecule has 0 radical (unpaired) electrons. The summed E-state index contributed by atoms with van der Waals surface area (Å²) in [6.07, 6.45) is 0.546. The maximum absolute atomic E-state index is 13.8. The highest BCUT2D eigenvalue weighted by Crippen LogP contribution is 2.32. The number of ether oxygens (including phenoxy) is 1. The topological polar surface area (TPSA) is 39.2 Å². The molecule has 0 aliphatic carbocycles. The standard InChI is InChI=1S/C16H12F3NO2S2/c1-7-8(3-13(21)22-2)6-23-11(7)5-12-20-15-14(19)9(17)4-10(18)16(15)24-12/h4,6H,3,5H2,1-2H3. The second-order valence-corrected chi connectivity index (χ2v) is 7.23. The van der Waals surface area contributed by atoms with Crippen LogP contribution in [0.15, 0.2) is 11.4 Å². The smallest absolute Gasteiger partial charge is 0.310 e. The summed E-state index contributed by atoms with van der Waals surface area (Å²) < 4.78 is 45.4. The first kappa shape index (κ1) is 16.9. The number of methoxy groups -OCH3 is 1. The molecule has 8 heteroatoms. The number of hydrogen-bond donors (Lipinski definition) is 0. The number of carbonyl (C=O) groups excluding carboxylic acids is 1. The molecule has 0 N–H and O–H groups in total. The van der Waals surface area contributed by atoms with E-state index in [4.69, 9.17) is 0 Å². The average molecular weight is 371 g/mol. The van der Waals surface area contributed by atoms with Gasteiger partial charge in [-0.15, -0.1) is 22.7 Å². The predicted molar refractivity (Wildman–Crippen MR) is 87.1 cm³/mol. The van der Waals surface area contributed by atoms with E-state index in [1.54, 1.807) is 0 Å². The number of halogens is 3. The molecule has 0 saturated carbocycles. The molecular formula is C16H12F3NO2S2. The predicted octanol–water partition coefficient (Wildman–Crippen LogP) is 4.39. The Hall–Kier alpha value is -1.93. The molecule has 0 atom stereocenters. The van der Waals surface area contributed by atoms with Gasteiger partial charge in [0.2, 0.25) is 0 Å². The Morgan fingerprint density at radius 1 is 1.29 bits per heavy atom. The number of esters is 1. The van der Waals surface area contributed by atoms with Crippen molar-refractivity contribution in [2.75, 3.05) is 7.11 Å². The fraction of sp³-hybridized carbons (Fsp3) is 0.250. The van der Waals surface area contributed by atoms with Gasteiger partial charge in [-0.3, -0.25) is 4.79 Å². The van der Waals surface area contributed by atoms with E-state index in [1.807, 2.05) is 12.3 Å². The first-order valence-corrected chi connectivity index (χ1v) is 8.66. The molecule has 0 aliphatic heterocycles. The Kier molecular flexibility index (Phi) is 4.60. The Morgan fingerprint density at radius 2 is 2.04 bits per heavy atom. The molecule has 0 bridgehead atoms. The van der Waals surface area contributed by atoms with Crippen LogP contribution in [0.4, 0.5) is 13.2 Å². The van der Waals surface area contributed by atoms with E-state index < -0.39 is 17.5 Å². The first-order chi connectivity index (χ1) is 11.4. The zero-order valence-electron chi connectivity index (χ0n) is 12.8. The molecule has 24 heavy (non-hydrogen) atoms. The lowest BCUT2D eigenvalue weighted by atomic mass is 10.1. The Balaban J connectivity index is 1.92. The highest BCUT2D eigenvalue weighted by atomic mass is 32.1. The fourth-order valence-corrected chi connectivity index (χ4v) is 4.46. The van der Waals surface area contributed by atoms with E-state index in [-0.39, 0.29) is 22.6 Å². The monoisotopic (exact) mass is 371 g/mol. The molecule has 0 amide bonds. The van der Waals surface area contributed by atoms with Crippen LogP contribution >= 0.6 is 22.7 Å². The number of aromatic nitrogens is 1. The van der Waals surface area contributed by atoms with Gasteiger partial charge < -0.3 is 4.74 Å². The van der Waals surface area contributed by atoms with Crippen LogP contribution in [0.3, 0.4) is 0 Å². The van der Waals surface area contributed by atoms with Crippen LogP contribution in [-0.4, -0.2) is 18.1 Å². The van der Waals surface area contributed by atoms with Gasteiger partial charge in [-0.05, 0) is 23.4 Å². The second-order valence-electron chi connectivity index (χ2n) is 5.18. The molecule has 3 aromatic rings. The van der Waals surface area contributed by atoms with Crippen molar-refractivity contribution in [2.24, 2.45) is 0 Å². The SMILES string of the molecule is COC(=O)Cc1csc(Cc2nc3c(F)c(F)cc(F)c3s2)c1C. The van der Waals surface area contributed by atoms with Crippen LogP contribution < -0.4 is 0 Å². The molecule has 0 aliphatic rings. The number of carbonyl (C=O) groups is 1. The van der Waals surface area contributed by atoms with Crippen LogP contribution in [0, 0.1) is 24.4 Å². The molecule has 2 heterocycles. The van der Waals surface area contributed by atoms with Gasteiger partial charge in [0, 0.05) is 17.4 Å². The van der Waals surface area contributed by atoms with Crippen molar-refractivity contribution < 1.29 is 22.7 Å². The Labute approximate surface area is 143 Å². The van der Waals surface area contributed by atoms with Gasteiger partial charge in [0.1, 0.15) is 11.3 Å². The summed E-state index contributed by atoms with van der Waals surface area (Å²) in [5.41, 5.74) is 1.50. The molecular weight excluding hydrogens is 359 g/mol. The minimum absolute atomic E-state index is 0.00731. The average Bonchev–Trinajstić information content (AvgIpc) is 3.12. The molecule has 126 valence electrons. The maximum Gasteiger partial charge on any atom is 0.310 e.